The molecular weight excluding hydrogens is 533 g/mol. The number of esters is 1. The summed E-state index contributed by atoms with van der Waals surface area (Å²) in [6.07, 6.45) is 2.04. The maximum absolute atomic E-state index is 13.9. The van der Waals surface area contributed by atoms with Crippen LogP contribution in [0.5, 0.6) is 5.75 Å². The van der Waals surface area contributed by atoms with E-state index < -0.39 is 67.8 Å². The van der Waals surface area contributed by atoms with Gasteiger partial charge < -0.3 is 24.2 Å². The maximum atomic E-state index is 13.9. The summed E-state index contributed by atoms with van der Waals surface area (Å²) in [5, 5.41) is 24.4. The molecule has 2 aromatic rings. The SMILES string of the molecule is C#C[C@@]1(O)[C@H](O)[C@@H](COP(=O)(NC(CCC)C(=O)OC(C)C)Oc2ccccc2)O[C@H]1n1ccc(=O)[nH]c1=O. The lowest BCUT2D eigenvalue weighted by atomic mass is 9.95. The molecule has 2 heterocycles. The molecule has 1 aliphatic rings. The Labute approximate surface area is 224 Å². The van der Waals surface area contributed by atoms with Crippen molar-refractivity contribution >= 4 is 13.7 Å². The molecule has 1 aliphatic heterocycles. The standard InChI is InChI=1S/C25H32N3O10P/c1-5-10-18(22(31)36-16(3)4)27-39(34,38-17-11-8-7-9-12-17)35-15-19-21(30)25(33,6-2)23(37-19)28-14-13-20(29)26-24(28)32/h2,7-9,11-14,16,18-19,21,23,30,33H,5,10,15H2,1,3-4H3,(H,27,34)(H,26,29,32)/t18?,19-,21-,23-,25-,39?/m1/s1. The van der Waals surface area contributed by atoms with E-state index in [9.17, 15) is 29.2 Å². The Balaban J connectivity index is 1.87. The molecule has 39 heavy (non-hydrogen) atoms. The van der Waals surface area contributed by atoms with Gasteiger partial charge >= 0.3 is 19.4 Å². The normalized spacial score (nSPS) is 25.0. The second kappa shape index (κ2) is 12.7. The minimum absolute atomic E-state index is 0.159. The minimum Gasteiger partial charge on any atom is -0.462 e. The quantitative estimate of drug-likeness (QED) is 0.164. The van der Waals surface area contributed by atoms with Crippen molar-refractivity contribution in [2.24, 2.45) is 0 Å². The average Bonchev–Trinajstić information content (AvgIpc) is 3.13. The zero-order chi connectivity index (χ0) is 28.8. The Morgan fingerprint density at radius 2 is 2.00 bits per heavy atom. The third-order valence-electron chi connectivity index (χ3n) is 5.72. The van der Waals surface area contributed by atoms with Gasteiger partial charge in [-0.1, -0.05) is 37.5 Å². The van der Waals surface area contributed by atoms with Gasteiger partial charge in [0.15, 0.2) is 11.8 Å². The number of hydrogen-bond acceptors (Lipinski definition) is 10. The van der Waals surface area contributed by atoms with Gasteiger partial charge in [-0.05, 0) is 32.4 Å². The zero-order valence-corrected chi connectivity index (χ0v) is 22.6. The fourth-order valence-electron chi connectivity index (χ4n) is 3.86. The van der Waals surface area contributed by atoms with Crippen molar-refractivity contribution in [2.45, 2.75) is 69.8 Å². The van der Waals surface area contributed by atoms with E-state index in [0.717, 1.165) is 16.8 Å². The van der Waals surface area contributed by atoms with Gasteiger partial charge in [0.05, 0.1) is 12.7 Å². The van der Waals surface area contributed by atoms with Gasteiger partial charge in [0, 0.05) is 12.3 Å². The second-order valence-electron chi connectivity index (χ2n) is 9.11. The monoisotopic (exact) mass is 565 g/mol. The summed E-state index contributed by atoms with van der Waals surface area (Å²) >= 11 is 0. The molecule has 0 spiro atoms. The Morgan fingerprint density at radius 1 is 1.31 bits per heavy atom. The first-order valence-corrected chi connectivity index (χ1v) is 13.8. The number of ether oxygens (including phenoxy) is 2. The number of H-pyrrole nitrogens is 1. The summed E-state index contributed by atoms with van der Waals surface area (Å²) in [5.41, 5.74) is -4.05. The summed E-state index contributed by atoms with van der Waals surface area (Å²) in [6.45, 7) is 4.53. The molecule has 3 rings (SSSR count). The number of carbonyl (C=O) groups excluding carboxylic acids is 1. The van der Waals surface area contributed by atoms with Crippen molar-refractivity contribution < 1.29 is 38.1 Å². The van der Waals surface area contributed by atoms with E-state index in [-0.39, 0.29) is 12.2 Å². The molecule has 4 N–H and O–H groups in total. The largest absolute Gasteiger partial charge is 0.462 e. The number of terminal acetylenes is 1. The lowest BCUT2D eigenvalue weighted by Crippen LogP contribution is -2.48. The number of aliphatic hydroxyl groups excluding tert-OH is 1. The number of rotatable bonds is 12. The van der Waals surface area contributed by atoms with Crippen LogP contribution in [0.15, 0.2) is 52.2 Å². The van der Waals surface area contributed by atoms with Crippen LogP contribution in [0.2, 0.25) is 0 Å². The molecule has 1 fully saturated rings. The molecule has 0 bridgehead atoms. The fraction of sp³-hybridized carbons (Fsp3) is 0.480. The van der Waals surface area contributed by atoms with E-state index in [2.05, 4.69) is 5.09 Å². The number of carbonyl (C=O) groups is 1. The third kappa shape index (κ3) is 7.24. The van der Waals surface area contributed by atoms with Crippen LogP contribution in [0.25, 0.3) is 0 Å². The molecule has 212 valence electrons. The predicted octanol–water partition coefficient (Wildman–Crippen LogP) is 1.07. The van der Waals surface area contributed by atoms with Crippen molar-refractivity contribution in [3.05, 3.63) is 63.4 Å². The number of para-hydroxylation sites is 1. The number of nitrogens with zero attached hydrogens (tertiary/aromatic N) is 1. The second-order valence-corrected chi connectivity index (χ2v) is 10.8. The highest BCUT2D eigenvalue weighted by Gasteiger charge is 2.56. The summed E-state index contributed by atoms with van der Waals surface area (Å²) in [6, 6.07) is 7.99. The van der Waals surface area contributed by atoms with Crippen LogP contribution in [-0.2, 0) is 23.4 Å². The first kappa shape index (κ1) is 30.3. The predicted molar refractivity (Wildman–Crippen MR) is 139 cm³/mol. The van der Waals surface area contributed by atoms with E-state index in [0.29, 0.717) is 6.42 Å². The van der Waals surface area contributed by atoms with Gasteiger partial charge in [-0.2, -0.15) is 5.09 Å². The van der Waals surface area contributed by atoms with Crippen LogP contribution in [0.1, 0.15) is 39.8 Å². The van der Waals surface area contributed by atoms with Crippen LogP contribution in [0, 0.1) is 12.3 Å². The summed E-state index contributed by atoms with van der Waals surface area (Å²) in [5.74, 6) is 1.52. The van der Waals surface area contributed by atoms with E-state index in [1.165, 1.54) is 12.1 Å². The Morgan fingerprint density at radius 3 is 2.59 bits per heavy atom. The number of aromatic nitrogens is 2. The number of nitrogens with one attached hydrogen (secondary N) is 2. The number of benzene rings is 1. The van der Waals surface area contributed by atoms with Crippen molar-refractivity contribution in [1.82, 2.24) is 14.6 Å². The molecule has 0 amide bonds. The molecule has 6 atom stereocenters. The smallest absolute Gasteiger partial charge is 0.459 e. The summed E-state index contributed by atoms with van der Waals surface area (Å²) in [4.78, 5) is 38.4. The highest BCUT2D eigenvalue weighted by Crippen LogP contribution is 2.47. The molecule has 0 saturated carbocycles. The number of aliphatic hydroxyl groups is 2. The van der Waals surface area contributed by atoms with Crippen LogP contribution < -0.4 is 20.9 Å². The molecule has 1 aromatic heterocycles. The Bertz CT molecular complexity index is 1340. The Kier molecular flexibility index (Phi) is 9.90. The van der Waals surface area contributed by atoms with E-state index in [4.69, 9.17) is 24.9 Å². The lowest BCUT2D eigenvalue weighted by Gasteiger charge is -2.27. The van der Waals surface area contributed by atoms with Crippen molar-refractivity contribution in [3.63, 3.8) is 0 Å². The van der Waals surface area contributed by atoms with Gasteiger partial charge in [0.1, 0.15) is 24.0 Å². The molecule has 0 aliphatic carbocycles. The molecule has 1 aromatic carbocycles. The highest BCUT2D eigenvalue weighted by atomic mass is 31.2. The van der Waals surface area contributed by atoms with Crippen LogP contribution in [0.3, 0.4) is 0 Å². The average molecular weight is 566 g/mol. The molecule has 0 radical (unpaired) electrons. The highest BCUT2D eigenvalue weighted by molar-refractivity contribution is 7.52. The molecule has 13 nitrogen and oxygen atoms in total. The van der Waals surface area contributed by atoms with Crippen molar-refractivity contribution in [3.8, 4) is 18.1 Å². The van der Waals surface area contributed by atoms with Crippen molar-refractivity contribution in [1.29, 1.82) is 0 Å². The number of aromatic amines is 1. The topological polar surface area (TPSA) is 178 Å². The molecular formula is C25H32N3O10P. The van der Waals surface area contributed by atoms with Crippen LogP contribution in [-0.4, -0.2) is 62.3 Å². The maximum Gasteiger partial charge on any atom is 0.459 e. The van der Waals surface area contributed by atoms with Crippen LogP contribution in [0.4, 0.5) is 0 Å². The molecule has 1 saturated heterocycles. The third-order valence-corrected chi connectivity index (χ3v) is 7.29. The van der Waals surface area contributed by atoms with Crippen LogP contribution >= 0.6 is 7.75 Å². The fourth-order valence-corrected chi connectivity index (χ4v) is 5.40. The minimum atomic E-state index is -4.35. The molecule has 2 unspecified atom stereocenters. The van der Waals surface area contributed by atoms with Gasteiger partial charge in [0.2, 0.25) is 0 Å². The van der Waals surface area contributed by atoms with E-state index >= 15 is 0 Å². The first-order chi connectivity index (χ1) is 18.4. The van der Waals surface area contributed by atoms with Gasteiger partial charge in [-0.3, -0.25) is 23.7 Å². The summed E-state index contributed by atoms with van der Waals surface area (Å²) in [7, 11) is -4.35. The number of hydrogen-bond donors (Lipinski definition) is 4. The first-order valence-electron chi connectivity index (χ1n) is 12.2. The van der Waals surface area contributed by atoms with E-state index in [1.54, 1.807) is 32.0 Å². The Hall–Kier alpha value is -3.24. The van der Waals surface area contributed by atoms with Gasteiger partial charge in [0.25, 0.3) is 5.56 Å². The van der Waals surface area contributed by atoms with E-state index in [1.807, 2.05) is 17.8 Å². The van der Waals surface area contributed by atoms with Gasteiger partial charge in [-0.25, -0.2) is 9.36 Å². The lowest BCUT2D eigenvalue weighted by molar-refractivity contribution is -0.149. The zero-order valence-electron chi connectivity index (χ0n) is 21.7. The van der Waals surface area contributed by atoms with Crippen molar-refractivity contribution in [2.75, 3.05) is 6.61 Å². The summed E-state index contributed by atoms with van der Waals surface area (Å²) < 4.78 is 36.9. The molecule has 14 heteroatoms. The van der Waals surface area contributed by atoms with Gasteiger partial charge in [-0.15, -0.1) is 6.42 Å².